The van der Waals surface area contributed by atoms with Gasteiger partial charge in [0.05, 0.1) is 32.4 Å². The van der Waals surface area contributed by atoms with Crippen LogP contribution < -0.4 is 20.2 Å². The summed E-state index contributed by atoms with van der Waals surface area (Å²) in [6.07, 6.45) is 1.44. The Kier molecular flexibility index (Phi) is 10.2. The maximum atomic E-state index is 12.7. The molecule has 3 aromatic rings. The average molecular weight is 504 g/mol. The van der Waals surface area contributed by atoms with Gasteiger partial charge < -0.3 is 19.5 Å². The number of hydrogen-bond acceptors (Lipinski definition) is 7. The zero-order valence-corrected chi connectivity index (χ0v) is 20.7. The highest BCUT2D eigenvalue weighted by molar-refractivity contribution is 5.94. The van der Waals surface area contributed by atoms with E-state index in [1.54, 1.807) is 49.4 Å². The summed E-state index contributed by atoms with van der Waals surface area (Å²) < 4.78 is 15.6. The molecule has 2 amide bonds. The summed E-state index contributed by atoms with van der Waals surface area (Å²) in [5, 5.41) is 6.94. The zero-order chi connectivity index (χ0) is 26.5. The van der Waals surface area contributed by atoms with Crippen LogP contribution in [0.2, 0.25) is 0 Å². The van der Waals surface area contributed by atoms with Gasteiger partial charge in [0.2, 0.25) is 5.91 Å². The molecule has 9 heteroatoms. The Balaban J connectivity index is 1.61. The van der Waals surface area contributed by atoms with Crippen LogP contribution in [0, 0.1) is 0 Å². The molecule has 37 heavy (non-hydrogen) atoms. The smallest absolute Gasteiger partial charge is 0.344 e. The lowest BCUT2D eigenvalue weighted by atomic mass is 10.0. The fourth-order valence-corrected chi connectivity index (χ4v) is 3.40. The summed E-state index contributed by atoms with van der Waals surface area (Å²) in [6.45, 7) is 1.75. The Bertz CT molecular complexity index is 1220. The van der Waals surface area contributed by atoms with Crippen molar-refractivity contribution >= 4 is 24.0 Å². The van der Waals surface area contributed by atoms with Crippen molar-refractivity contribution in [1.29, 1.82) is 0 Å². The van der Waals surface area contributed by atoms with Crippen molar-refractivity contribution in [2.75, 3.05) is 20.3 Å². The largest absolute Gasteiger partial charge is 0.493 e. The summed E-state index contributed by atoms with van der Waals surface area (Å²) >= 11 is 0. The number of esters is 1. The van der Waals surface area contributed by atoms with Crippen molar-refractivity contribution in [3.8, 4) is 11.5 Å². The number of amides is 2. The fraction of sp³-hybridized carbons (Fsp3) is 0.214. The predicted octanol–water partition coefficient (Wildman–Crippen LogP) is 3.65. The highest BCUT2D eigenvalue weighted by atomic mass is 16.6. The van der Waals surface area contributed by atoms with Crippen LogP contribution >= 0.6 is 0 Å². The highest BCUT2D eigenvalue weighted by Gasteiger charge is 2.19. The van der Waals surface area contributed by atoms with E-state index in [4.69, 9.17) is 14.2 Å². The monoisotopic (exact) mass is 503 g/mol. The minimum absolute atomic E-state index is 0.0100. The molecule has 0 aliphatic carbocycles. The average Bonchev–Trinajstić information content (AvgIpc) is 2.93. The molecule has 192 valence electrons. The number of nitrogens with zero attached hydrogens (tertiary/aromatic N) is 1. The van der Waals surface area contributed by atoms with Gasteiger partial charge in [-0.15, -0.1) is 0 Å². The third-order valence-electron chi connectivity index (χ3n) is 5.17. The zero-order valence-electron chi connectivity index (χ0n) is 20.7. The van der Waals surface area contributed by atoms with Gasteiger partial charge >= 0.3 is 5.97 Å². The Morgan fingerprint density at radius 3 is 2.32 bits per heavy atom. The van der Waals surface area contributed by atoms with E-state index < -0.39 is 12.0 Å². The highest BCUT2D eigenvalue weighted by Crippen LogP contribution is 2.27. The molecular weight excluding hydrogens is 474 g/mol. The lowest BCUT2D eigenvalue weighted by Crippen LogP contribution is -2.32. The topological polar surface area (TPSA) is 115 Å². The van der Waals surface area contributed by atoms with Crippen LogP contribution in [-0.4, -0.2) is 44.3 Å². The van der Waals surface area contributed by atoms with E-state index >= 15 is 0 Å². The van der Waals surface area contributed by atoms with Gasteiger partial charge in [-0.2, -0.15) is 5.10 Å². The maximum Gasteiger partial charge on any atom is 0.344 e. The molecule has 0 saturated heterocycles. The second-order valence-corrected chi connectivity index (χ2v) is 7.80. The van der Waals surface area contributed by atoms with Crippen LogP contribution in [0.5, 0.6) is 11.5 Å². The second kappa shape index (κ2) is 14.0. The Morgan fingerprint density at radius 1 is 0.946 bits per heavy atom. The number of hydrazone groups is 1. The van der Waals surface area contributed by atoms with Gasteiger partial charge in [0, 0.05) is 5.56 Å². The molecule has 1 atom stereocenters. The molecule has 3 aromatic carbocycles. The molecule has 9 nitrogen and oxygen atoms in total. The summed E-state index contributed by atoms with van der Waals surface area (Å²) in [5.41, 5.74) is 4.44. The molecule has 2 N–H and O–H groups in total. The van der Waals surface area contributed by atoms with Crippen molar-refractivity contribution in [2.45, 2.75) is 19.4 Å². The summed E-state index contributed by atoms with van der Waals surface area (Å²) in [4.78, 5) is 36.9. The van der Waals surface area contributed by atoms with Crippen molar-refractivity contribution in [1.82, 2.24) is 10.7 Å². The molecule has 0 spiro atoms. The number of methoxy groups -OCH3 is 1. The minimum atomic E-state index is -0.542. The van der Waals surface area contributed by atoms with E-state index in [-0.39, 0.29) is 31.4 Å². The summed E-state index contributed by atoms with van der Waals surface area (Å²) in [5.74, 6) is -0.362. The predicted molar refractivity (Wildman–Crippen MR) is 139 cm³/mol. The van der Waals surface area contributed by atoms with Crippen LogP contribution in [-0.2, 0) is 14.3 Å². The number of rotatable bonds is 12. The van der Waals surface area contributed by atoms with E-state index in [0.717, 1.165) is 5.56 Å². The molecule has 0 aliphatic heterocycles. The van der Waals surface area contributed by atoms with Gasteiger partial charge in [0.15, 0.2) is 18.1 Å². The van der Waals surface area contributed by atoms with Crippen molar-refractivity contribution in [3.63, 3.8) is 0 Å². The first-order valence-corrected chi connectivity index (χ1v) is 11.7. The Labute approximate surface area is 215 Å². The van der Waals surface area contributed by atoms with Crippen LogP contribution in [0.25, 0.3) is 0 Å². The number of ether oxygens (including phenoxy) is 3. The minimum Gasteiger partial charge on any atom is -0.493 e. The van der Waals surface area contributed by atoms with E-state index in [1.807, 2.05) is 36.4 Å². The van der Waals surface area contributed by atoms with Crippen LogP contribution in [0.4, 0.5) is 0 Å². The number of benzene rings is 3. The van der Waals surface area contributed by atoms with Gasteiger partial charge in [-0.05, 0) is 48.4 Å². The number of carbonyl (C=O) groups excluding carboxylic acids is 3. The van der Waals surface area contributed by atoms with E-state index in [1.165, 1.54) is 13.3 Å². The lowest BCUT2D eigenvalue weighted by Gasteiger charge is -2.18. The molecule has 0 heterocycles. The summed E-state index contributed by atoms with van der Waals surface area (Å²) in [7, 11) is 1.47. The van der Waals surface area contributed by atoms with Gasteiger partial charge in [-0.1, -0.05) is 48.5 Å². The van der Waals surface area contributed by atoms with Crippen molar-refractivity contribution in [2.24, 2.45) is 5.10 Å². The molecular formula is C28H29N3O6. The normalized spacial score (nSPS) is 11.4. The van der Waals surface area contributed by atoms with E-state index in [2.05, 4.69) is 15.8 Å². The number of nitrogens with one attached hydrogen (secondary N) is 2. The first-order chi connectivity index (χ1) is 18.0. The van der Waals surface area contributed by atoms with Gasteiger partial charge in [0.25, 0.3) is 5.91 Å². The molecule has 0 unspecified atom stereocenters. The number of carbonyl (C=O) groups is 3. The van der Waals surface area contributed by atoms with Crippen molar-refractivity contribution < 1.29 is 28.6 Å². The van der Waals surface area contributed by atoms with Crippen LogP contribution in [0.3, 0.4) is 0 Å². The van der Waals surface area contributed by atoms with Crippen molar-refractivity contribution in [3.05, 3.63) is 95.6 Å². The Hall–Kier alpha value is -4.66. The Morgan fingerprint density at radius 2 is 1.65 bits per heavy atom. The second-order valence-electron chi connectivity index (χ2n) is 7.80. The molecule has 0 saturated carbocycles. The van der Waals surface area contributed by atoms with Crippen LogP contribution in [0.15, 0.2) is 84.0 Å². The SMILES string of the molecule is CCOC(=O)COc1ccc(/C=N\NC(=O)C[C@@H](NC(=O)c2ccccc2)c2ccccc2)cc1OC. The molecule has 0 aliphatic rings. The maximum absolute atomic E-state index is 12.7. The lowest BCUT2D eigenvalue weighted by molar-refractivity contribution is -0.145. The van der Waals surface area contributed by atoms with E-state index in [0.29, 0.717) is 22.6 Å². The molecule has 3 rings (SSSR count). The number of hydrogen-bond donors (Lipinski definition) is 2. The fourth-order valence-electron chi connectivity index (χ4n) is 3.40. The van der Waals surface area contributed by atoms with E-state index in [9.17, 15) is 14.4 Å². The standard InChI is InChI=1S/C28H29N3O6/c1-3-36-27(33)19-37-24-15-14-20(16-25(24)35-2)18-29-31-26(32)17-23(21-10-6-4-7-11-21)30-28(34)22-12-8-5-9-13-22/h4-16,18,23H,3,17,19H2,1-2H3,(H,30,34)(H,31,32)/b29-18-/t23-/m1/s1. The molecule has 0 bridgehead atoms. The van der Waals surface area contributed by atoms with Gasteiger partial charge in [-0.25, -0.2) is 10.2 Å². The molecule has 0 radical (unpaired) electrons. The summed E-state index contributed by atoms with van der Waals surface area (Å²) in [6, 6.07) is 22.5. The molecule has 0 fully saturated rings. The first kappa shape index (κ1) is 26.9. The molecule has 0 aromatic heterocycles. The quantitative estimate of drug-likeness (QED) is 0.222. The third-order valence-corrected chi connectivity index (χ3v) is 5.17. The van der Waals surface area contributed by atoms with Gasteiger partial charge in [-0.3, -0.25) is 9.59 Å². The van der Waals surface area contributed by atoms with Gasteiger partial charge in [0.1, 0.15) is 0 Å². The third kappa shape index (κ3) is 8.50. The van der Waals surface area contributed by atoms with Crippen LogP contribution in [0.1, 0.15) is 40.9 Å². The first-order valence-electron chi connectivity index (χ1n) is 11.7.